The lowest BCUT2D eigenvalue weighted by Gasteiger charge is -2.39. The number of benzene rings is 1. The minimum atomic E-state index is 0.656. The summed E-state index contributed by atoms with van der Waals surface area (Å²) in [6.45, 7) is 8.58. The van der Waals surface area contributed by atoms with Crippen LogP contribution in [0.15, 0.2) is 24.3 Å². The first-order valence-electron chi connectivity index (χ1n) is 8.06. The van der Waals surface area contributed by atoms with Crippen LogP contribution < -0.4 is 10.5 Å². The van der Waals surface area contributed by atoms with Crippen LogP contribution >= 0.6 is 0 Å². The average molecular weight is 291 g/mol. The molecule has 0 amide bonds. The van der Waals surface area contributed by atoms with Crippen molar-refractivity contribution in [2.45, 2.75) is 32.4 Å². The lowest BCUT2D eigenvalue weighted by Crippen LogP contribution is -2.50. The molecule has 0 radical (unpaired) electrons. The Balaban J connectivity index is 1.86. The Hall–Kier alpha value is -1.10. The van der Waals surface area contributed by atoms with E-state index in [1.165, 1.54) is 12.0 Å². The fourth-order valence-electron chi connectivity index (χ4n) is 3.20. The highest BCUT2D eigenvalue weighted by molar-refractivity contribution is 5.33. The Morgan fingerprint density at radius 1 is 1.19 bits per heavy atom. The van der Waals surface area contributed by atoms with Crippen molar-refractivity contribution in [1.82, 2.24) is 9.80 Å². The predicted molar refractivity (Wildman–Crippen MR) is 87.6 cm³/mol. The fraction of sp³-hybridized carbons (Fsp3) is 0.647. The molecule has 4 nitrogen and oxygen atoms in total. The van der Waals surface area contributed by atoms with Crippen molar-refractivity contribution in [3.63, 3.8) is 0 Å². The third-order valence-electron chi connectivity index (χ3n) is 4.48. The van der Waals surface area contributed by atoms with Gasteiger partial charge in [-0.1, -0.05) is 25.1 Å². The van der Waals surface area contributed by atoms with Gasteiger partial charge in [-0.2, -0.15) is 0 Å². The summed E-state index contributed by atoms with van der Waals surface area (Å²) >= 11 is 0. The maximum Gasteiger partial charge on any atom is 0.123 e. The number of ether oxygens (including phenoxy) is 1. The SMILES string of the molecule is CCC(CCN)N1CCN(Cc2ccccc2OC)CC1. The summed E-state index contributed by atoms with van der Waals surface area (Å²) in [6, 6.07) is 8.97. The van der Waals surface area contributed by atoms with Crippen molar-refractivity contribution in [2.75, 3.05) is 39.8 Å². The lowest BCUT2D eigenvalue weighted by molar-refractivity contribution is 0.0866. The molecule has 0 aromatic heterocycles. The van der Waals surface area contributed by atoms with Crippen LogP contribution in [0.3, 0.4) is 0 Å². The highest BCUT2D eigenvalue weighted by atomic mass is 16.5. The number of rotatable bonds is 7. The lowest BCUT2D eigenvalue weighted by atomic mass is 10.1. The van der Waals surface area contributed by atoms with E-state index in [0.717, 1.165) is 51.4 Å². The van der Waals surface area contributed by atoms with Crippen LogP contribution in [0.1, 0.15) is 25.3 Å². The van der Waals surface area contributed by atoms with Crippen LogP contribution in [-0.4, -0.2) is 55.7 Å². The Labute approximate surface area is 128 Å². The summed E-state index contributed by atoms with van der Waals surface area (Å²) in [4.78, 5) is 5.12. The van der Waals surface area contributed by atoms with E-state index >= 15 is 0 Å². The second-order valence-electron chi connectivity index (χ2n) is 5.76. The van der Waals surface area contributed by atoms with Crippen LogP contribution in [0.4, 0.5) is 0 Å². The van der Waals surface area contributed by atoms with Crippen molar-refractivity contribution in [3.8, 4) is 5.75 Å². The summed E-state index contributed by atoms with van der Waals surface area (Å²) in [6.07, 6.45) is 2.31. The first-order chi connectivity index (χ1) is 10.3. The molecule has 1 aromatic carbocycles. The smallest absolute Gasteiger partial charge is 0.123 e. The van der Waals surface area contributed by atoms with Crippen molar-refractivity contribution >= 4 is 0 Å². The molecule has 0 spiro atoms. The summed E-state index contributed by atoms with van der Waals surface area (Å²) < 4.78 is 5.44. The van der Waals surface area contributed by atoms with E-state index < -0.39 is 0 Å². The number of piperazine rings is 1. The Morgan fingerprint density at radius 2 is 1.90 bits per heavy atom. The van der Waals surface area contributed by atoms with Gasteiger partial charge in [0.2, 0.25) is 0 Å². The summed E-state index contributed by atoms with van der Waals surface area (Å²) in [5, 5.41) is 0. The molecule has 1 aromatic rings. The number of para-hydroxylation sites is 1. The quantitative estimate of drug-likeness (QED) is 0.833. The molecule has 1 unspecified atom stereocenters. The standard InChI is InChI=1S/C17H29N3O/c1-3-16(8-9-18)20-12-10-19(11-13-20)14-15-6-4-5-7-17(15)21-2/h4-7,16H,3,8-14,18H2,1-2H3. The van der Waals surface area contributed by atoms with Crippen molar-refractivity contribution in [2.24, 2.45) is 5.73 Å². The molecular weight excluding hydrogens is 262 g/mol. The molecule has 1 aliphatic rings. The van der Waals surface area contributed by atoms with E-state index in [1.54, 1.807) is 7.11 Å². The molecule has 0 bridgehead atoms. The molecule has 1 fully saturated rings. The molecule has 1 saturated heterocycles. The molecule has 0 saturated carbocycles. The van der Waals surface area contributed by atoms with Crippen LogP contribution in [-0.2, 0) is 6.54 Å². The van der Waals surface area contributed by atoms with Gasteiger partial charge < -0.3 is 10.5 Å². The molecule has 1 atom stereocenters. The van der Waals surface area contributed by atoms with Crippen molar-refractivity contribution in [1.29, 1.82) is 0 Å². The van der Waals surface area contributed by atoms with Gasteiger partial charge in [-0.25, -0.2) is 0 Å². The predicted octanol–water partition coefficient (Wildman–Crippen LogP) is 1.94. The van der Waals surface area contributed by atoms with Gasteiger partial charge in [0.1, 0.15) is 5.75 Å². The topological polar surface area (TPSA) is 41.7 Å². The summed E-state index contributed by atoms with van der Waals surface area (Å²) in [5.41, 5.74) is 7.00. The van der Waals surface area contributed by atoms with Crippen LogP contribution in [0.5, 0.6) is 5.75 Å². The third-order valence-corrected chi connectivity index (χ3v) is 4.48. The number of nitrogens with two attached hydrogens (primary N) is 1. The van der Waals surface area contributed by atoms with Crippen molar-refractivity contribution < 1.29 is 4.74 Å². The second kappa shape index (κ2) is 8.37. The summed E-state index contributed by atoms with van der Waals surface area (Å²) in [7, 11) is 1.75. The largest absolute Gasteiger partial charge is 0.496 e. The number of methoxy groups -OCH3 is 1. The molecule has 2 N–H and O–H groups in total. The Kier molecular flexibility index (Phi) is 6.49. The second-order valence-corrected chi connectivity index (χ2v) is 5.76. The van der Waals surface area contributed by atoms with Gasteiger partial charge in [-0.05, 0) is 25.5 Å². The molecular formula is C17H29N3O. The molecule has 1 aliphatic heterocycles. The van der Waals surface area contributed by atoms with E-state index in [9.17, 15) is 0 Å². The first kappa shape index (κ1) is 16.3. The maximum absolute atomic E-state index is 5.72. The molecule has 118 valence electrons. The van der Waals surface area contributed by atoms with Gasteiger partial charge >= 0.3 is 0 Å². The third kappa shape index (κ3) is 4.43. The van der Waals surface area contributed by atoms with E-state index in [0.29, 0.717) is 6.04 Å². The highest BCUT2D eigenvalue weighted by Gasteiger charge is 2.22. The monoisotopic (exact) mass is 291 g/mol. The van der Waals surface area contributed by atoms with E-state index in [-0.39, 0.29) is 0 Å². The molecule has 2 rings (SSSR count). The van der Waals surface area contributed by atoms with Gasteiger partial charge in [0.15, 0.2) is 0 Å². The van der Waals surface area contributed by atoms with Gasteiger partial charge in [-0.15, -0.1) is 0 Å². The van der Waals surface area contributed by atoms with Gasteiger partial charge in [0.05, 0.1) is 7.11 Å². The van der Waals surface area contributed by atoms with E-state index in [4.69, 9.17) is 10.5 Å². The van der Waals surface area contributed by atoms with E-state index in [2.05, 4.69) is 28.9 Å². The zero-order valence-corrected chi connectivity index (χ0v) is 13.4. The maximum atomic E-state index is 5.72. The molecule has 21 heavy (non-hydrogen) atoms. The average Bonchev–Trinajstić information content (AvgIpc) is 2.54. The van der Waals surface area contributed by atoms with Crippen LogP contribution in [0, 0.1) is 0 Å². The van der Waals surface area contributed by atoms with Crippen LogP contribution in [0.2, 0.25) is 0 Å². The minimum absolute atomic E-state index is 0.656. The zero-order valence-electron chi connectivity index (χ0n) is 13.4. The Morgan fingerprint density at radius 3 is 2.52 bits per heavy atom. The normalized spacial score (nSPS) is 18.6. The zero-order chi connectivity index (χ0) is 15.1. The number of hydrogen-bond acceptors (Lipinski definition) is 4. The first-order valence-corrected chi connectivity index (χ1v) is 8.06. The molecule has 4 heteroatoms. The molecule has 0 aliphatic carbocycles. The van der Waals surface area contributed by atoms with Gasteiger partial charge in [0.25, 0.3) is 0 Å². The highest BCUT2D eigenvalue weighted by Crippen LogP contribution is 2.20. The van der Waals surface area contributed by atoms with Crippen molar-refractivity contribution in [3.05, 3.63) is 29.8 Å². The number of hydrogen-bond donors (Lipinski definition) is 1. The fourth-order valence-corrected chi connectivity index (χ4v) is 3.20. The number of nitrogens with zero attached hydrogens (tertiary/aromatic N) is 2. The van der Waals surface area contributed by atoms with Gasteiger partial charge in [0, 0.05) is 44.3 Å². The minimum Gasteiger partial charge on any atom is -0.496 e. The van der Waals surface area contributed by atoms with Crippen LogP contribution in [0.25, 0.3) is 0 Å². The van der Waals surface area contributed by atoms with Gasteiger partial charge in [-0.3, -0.25) is 9.80 Å². The van der Waals surface area contributed by atoms with E-state index in [1.807, 2.05) is 12.1 Å². The molecule has 1 heterocycles. The summed E-state index contributed by atoms with van der Waals surface area (Å²) in [5.74, 6) is 0.995. The Bertz CT molecular complexity index is 416.